The Bertz CT molecular complexity index is 531. The molecule has 2 rings (SSSR count). The van der Waals surface area contributed by atoms with E-state index in [1.165, 1.54) is 12.1 Å². The molecule has 2 aromatic rings. The average molecular weight is 243 g/mol. The molecule has 0 aromatic heterocycles. The number of para-hydroxylation sites is 1. The molecule has 2 aromatic carbocycles. The SMILES string of the molecule is Cc1cc(F)cc(C(=O)CNc2ccccc2)c1. The molecule has 3 heteroatoms. The average Bonchev–Trinajstić information content (AvgIpc) is 2.36. The molecule has 0 radical (unpaired) electrons. The van der Waals surface area contributed by atoms with Crippen LogP contribution in [0.3, 0.4) is 0 Å². The molecule has 0 saturated carbocycles. The molecule has 1 N–H and O–H groups in total. The highest BCUT2D eigenvalue weighted by atomic mass is 19.1. The van der Waals surface area contributed by atoms with Gasteiger partial charge in [0.1, 0.15) is 5.82 Å². The van der Waals surface area contributed by atoms with Gasteiger partial charge >= 0.3 is 0 Å². The van der Waals surface area contributed by atoms with Crippen molar-refractivity contribution >= 4 is 11.5 Å². The number of carbonyl (C=O) groups excluding carboxylic acids is 1. The first kappa shape index (κ1) is 12.3. The first-order valence-corrected chi connectivity index (χ1v) is 5.74. The number of Topliss-reactive ketones (excluding diaryl/α,β-unsaturated/α-hetero) is 1. The second-order valence-electron chi connectivity index (χ2n) is 4.16. The number of benzene rings is 2. The number of anilines is 1. The number of nitrogens with one attached hydrogen (secondary N) is 1. The molecule has 0 bridgehead atoms. The fraction of sp³-hybridized carbons (Fsp3) is 0.133. The molecule has 18 heavy (non-hydrogen) atoms. The van der Waals surface area contributed by atoms with Gasteiger partial charge in [-0.2, -0.15) is 0 Å². The molecule has 0 atom stereocenters. The van der Waals surface area contributed by atoms with E-state index in [1.807, 2.05) is 30.3 Å². The van der Waals surface area contributed by atoms with E-state index in [1.54, 1.807) is 13.0 Å². The molecule has 0 unspecified atom stereocenters. The lowest BCUT2D eigenvalue weighted by molar-refractivity contribution is 0.101. The van der Waals surface area contributed by atoms with Crippen molar-refractivity contribution in [1.29, 1.82) is 0 Å². The minimum atomic E-state index is -0.377. The maximum Gasteiger partial charge on any atom is 0.181 e. The quantitative estimate of drug-likeness (QED) is 0.833. The van der Waals surface area contributed by atoms with Crippen molar-refractivity contribution in [2.45, 2.75) is 6.92 Å². The zero-order chi connectivity index (χ0) is 13.0. The number of hydrogen-bond donors (Lipinski definition) is 1. The Labute approximate surface area is 105 Å². The first-order valence-electron chi connectivity index (χ1n) is 5.74. The van der Waals surface area contributed by atoms with Crippen molar-refractivity contribution < 1.29 is 9.18 Å². The minimum Gasteiger partial charge on any atom is -0.378 e. The molecule has 2 nitrogen and oxygen atoms in total. The van der Waals surface area contributed by atoms with Crippen molar-refractivity contribution in [2.75, 3.05) is 11.9 Å². The van der Waals surface area contributed by atoms with Crippen LogP contribution in [0.5, 0.6) is 0 Å². The largest absolute Gasteiger partial charge is 0.378 e. The molecule has 0 spiro atoms. The maximum absolute atomic E-state index is 13.2. The Hall–Kier alpha value is -2.16. The van der Waals surface area contributed by atoms with Crippen LogP contribution in [-0.4, -0.2) is 12.3 Å². The molecule has 0 amide bonds. The highest BCUT2D eigenvalue weighted by Crippen LogP contribution is 2.10. The van der Waals surface area contributed by atoms with Crippen LogP contribution >= 0.6 is 0 Å². The molecular weight excluding hydrogens is 229 g/mol. The zero-order valence-corrected chi connectivity index (χ0v) is 10.1. The minimum absolute atomic E-state index is 0.124. The van der Waals surface area contributed by atoms with E-state index in [9.17, 15) is 9.18 Å². The third kappa shape index (κ3) is 3.17. The number of carbonyl (C=O) groups is 1. The van der Waals surface area contributed by atoms with Crippen LogP contribution < -0.4 is 5.32 Å². The van der Waals surface area contributed by atoms with Gasteiger partial charge in [-0.3, -0.25) is 4.79 Å². The molecular formula is C15H14FNO. The highest BCUT2D eigenvalue weighted by molar-refractivity contribution is 5.99. The van der Waals surface area contributed by atoms with Crippen molar-refractivity contribution in [2.24, 2.45) is 0 Å². The Morgan fingerprint density at radius 1 is 1.17 bits per heavy atom. The lowest BCUT2D eigenvalue weighted by atomic mass is 10.1. The van der Waals surface area contributed by atoms with Gasteiger partial charge in [0.15, 0.2) is 5.78 Å². The Morgan fingerprint density at radius 2 is 1.89 bits per heavy atom. The lowest BCUT2D eigenvalue weighted by Gasteiger charge is -2.06. The molecule has 0 heterocycles. The van der Waals surface area contributed by atoms with Crippen molar-refractivity contribution in [3.05, 3.63) is 65.5 Å². The van der Waals surface area contributed by atoms with Crippen LogP contribution in [0, 0.1) is 12.7 Å². The Morgan fingerprint density at radius 3 is 2.56 bits per heavy atom. The summed E-state index contributed by atoms with van der Waals surface area (Å²) in [6.07, 6.45) is 0. The van der Waals surface area contributed by atoms with Gasteiger partial charge in [-0.1, -0.05) is 18.2 Å². The second kappa shape index (κ2) is 5.45. The van der Waals surface area contributed by atoms with Gasteiger partial charge < -0.3 is 5.32 Å². The van der Waals surface area contributed by atoms with Gasteiger partial charge in [-0.25, -0.2) is 4.39 Å². The van der Waals surface area contributed by atoms with Gasteiger partial charge in [-0.15, -0.1) is 0 Å². The predicted octanol–water partition coefficient (Wildman–Crippen LogP) is 3.43. The van der Waals surface area contributed by atoms with Gasteiger partial charge in [0, 0.05) is 11.3 Å². The Kier molecular flexibility index (Phi) is 3.72. The molecule has 0 fully saturated rings. The number of rotatable bonds is 4. The fourth-order valence-corrected chi connectivity index (χ4v) is 1.74. The van der Waals surface area contributed by atoms with E-state index in [-0.39, 0.29) is 18.1 Å². The normalized spacial score (nSPS) is 10.1. The van der Waals surface area contributed by atoms with E-state index >= 15 is 0 Å². The van der Waals surface area contributed by atoms with E-state index in [4.69, 9.17) is 0 Å². The number of aryl methyl sites for hydroxylation is 1. The maximum atomic E-state index is 13.2. The molecule has 0 saturated heterocycles. The summed E-state index contributed by atoms with van der Waals surface area (Å²) in [4.78, 5) is 11.9. The van der Waals surface area contributed by atoms with E-state index in [2.05, 4.69) is 5.32 Å². The Balaban J connectivity index is 2.04. The van der Waals surface area contributed by atoms with Crippen LogP contribution in [0.1, 0.15) is 15.9 Å². The zero-order valence-electron chi connectivity index (χ0n) is 10.1. The van der Waals surface area contributed by atoms with Crippen LogP contribution in [0.25, 0.3) is 0 Å². The lowest BCUT2D eigenvalue weighted by Crippen LogP contribution is -2.14. The van der Waals surface area contributed by atoms with Crippen molar-refractivity contribution in [1.82, 2.24) is 0 Å². The van der Waals surface area contributed by atoms with Crippen molar-refractivity contribution in [3.8, 4) is 0 Å². The smallest absolute Gasteiger partial charge is 0.181 e. The topological polar surface area (TPSA) is 29.1 Å². The standard InChI is InChI=1S/C15H14FNO/c1-11-7-12(9-13(16)8-11)15(18)10-17-14-5-3-2-4-6-14/h2-9,17H,10H2,1H3. The number of ketones is 1. The summed E-state index contributed by atoms with van der Waals surface area (Å²) in [6.45, 7) is 1.93. The summed E-state index contributed by atoms with van der Waals surface area (Å²) in [5.74, 6) is -0.500. The van der Waals surface area contributed by atoms with E-state index in [0.29, 0.717) is 5.56 Å². The van der Waals surface area contributed by atoms with Crippen LogP contribution in [0.4, 0.5) is 10.1 Å². The molecule has 0 aliphatic heterocycles. The predicted molar refractivity (Wildman–Crippen MR) is 70.4 cm³/mol. The summed E-state index contributed by atoms with van der Waals surface area (Å²) in [5, 5.41) is 3.01. The second-order valence-corrected chi connectivity index (χ2v) is 4.16. The van der Waals surface area contributed by atoms with Crippen LogP contribution in [-0.2, 0) is 0 Å². The molecule has 0 aliphatic rings. The third-order valence-corrected chi connectivity index (χ3v) is 2.59. The third-order valence-electron chi connectivity index (χ3n) is 2.59. The highest BCUT2D eigenvalue weighted by Gasteiger charge is 2.07. The van der Waals surface area contributed by atoms with Crippen LogP contribution in [0.15, 0.2) is 48.5 Å². The van der Waals surface area contributed by atoms with Gasteiger partial charge in [0.25, 0.3) is 0 Å². The molecule has 0 aliphatic carbocycles. The van der Waals surface area contributed by atoms with Gasteiger partial charge in [0.2, 0.25) is 0 Å². The first-order chi connectivity index (χ1) is 8.65. The number of halogens is 1. The van der Waals surface area contributed by atoms with Crippen LogP contribution in [0.2, 0.25) is 0 Å². The fourth-order valence-electron chi connectivity index (χ4n) is 1.74. The summed E-state index contributed by atoms with van der Waals surface area (Å²) in [5.41, 5.74) is 2.02. The monoisotopic (exact) mass is 243 g/mol. The van der Waals surface area contributed by atoms with Gasteiger partial charge in [-0.05, 0) is 42.8 Å². The van der Waals surface area contributed by atoms with E-state index in [0.717, 1.165) is 11.3 Å². The molecule has 92 valence electrons. The van der Waals surface area contributed by atoms with Gasteiger partial charge in [0.05, 0.1) is 6.54 Å². The van der Waals surface area contributed by atoms with Crippen molar-refractivity contribution in [3.63, 3.8) is 0 Å². The summed E-state index contributed by atoms with van der Waals surface area (Å²) < 4.78 is 13.2. The number of hydrogen-bond acceptors (Lipinski definition) is 2. The summed E-state index contributed by atoms with van der Waals surface area (Å²) in [7, 11) is 0. The van der Waals surface area contributed by atoms with E-state index < -0.39 is 0 Å². The summed E-state index contributed by atoms with van der Waals surface area (Å²) >= 11 is 0. The summed E-state index contributed by atoms with van der Waals surface area (Å²) in [6, 6.07) is 13.8.